The summed E-state index contributed by atoms with van der Waals surface area (Å²) in [7, 11) is 0. The summed E-state index contributed by atoms with van der Waals surface area (Å²) in [5.41, 5.74) is 14.8. The quantitative estimate of drug-likeness (QED) is 0.0638. The molecule has 1 heterocycles. The van der Waals surface area contributed by atoms with E-state index in [0.29, 0.717) is 50.8 Å². The zero-order chi connectivity index (χ0) is 42.8. The summed E-state index contributed by atoms with van der Waals surface area (Å²) >= 11 is 0. The van der Waals surface area contributed by atoms with Crippen molar-refractivity contribution >= 4 is 48.0 Å². The van der Waals surface area contributed by atoms with Gasteiger partial charge in [0.15, 0.2) is 11.6 Å². The van der Waals surface area contributed by atoms with Crippen LogP contribution in [0, 0.1) is 5.92 Å². The van der Waals surface area contributed by atoms with Crippen molar-refractivity contribution in [1.82, 2.24) is 20.9 Å². The van der Waals surface area contributed by atoms with Crippen LogP contribution in [0.4, 0.5) is 0 Å². The van der Waals surface area contributed by atoms with Crippen LogP contribution >= 0.6 is 0 Å². The van der Waals surface area contributed by atoms with Gasteiger partial charge in [-0.05, 0) is 86.1 Å². The summed E-state index contributed by atoms with van der Waals surface area (Å²) in [5, 5.41) is 17.9. The van der Waals surface area contributed by atoms with Gasteiger partial charge in [0.1, 0.15) is 6.04 Å². The van der Waals surface area contributed by atoms with Crippen molar-refractivity contribution in [2.45, 2.75) is 129 Å². The molecule has 5 atom stereocenters. The Hall–Kier alpha value is -4.89. The topological polar surface area (TPSA) is 231 Å². The zero-order valence-corrected chi connectivity index (χ0v) is 34.6. The molecule has 8 N–H and O–H groups in total. The number of benzene rings is 2. The number of amides is 5. The van der Waals surface area contributed by atoms with Crippen LogP contribution in [0.2, 0.25) is 12.6 Å². The average molecular weight is 803 g/mol. The number of nitrogens with one attached hydrogen (secondary N) is 3. The van der Waals surface area contributed by atoms with E-state index in [-0.39, 0.29) is 37.5 Å². The van der Waals surface area contributed by atoms with Crippen molar-refractivity contribution in [1.29, 1.82) is 0 Å². The van der Waals surface area contributed by atoms with Crippen LogP contribution in [0.25, 0.3) is 11.1 Å². The van der Waals surface area contributed by atoms with Gasteiger partial charge >= 0.3 is 0 Å². The van der Waals surface area contributed by atoms with Crippen LogP contribution in [0.3, 0.4) is 0 Å². The Labute approximate surface area is 343 Å². The van der Waals surface area contributed by atoms with Crippen molar-refractivity contribution in [3.63, 3.8) is 0 Å². The minimum Gasteiger partial charge on any atom is -0.450 e. The molecule has 0 radical (unpaired) electrons. The van der Waals surface area contributed by atoms with Gasteiger partial charge in [-0.1, -0.05) is 70.4 Å². The fourth-order valence-corrected chi connectivity index (χ4v) is 6.95. The maximum Gasteiger partial charge on any atom is 0.289 e. The number of nitrogens with two attached hydrogens (primary N) is 2. The highest BCUT2D eigenvalue weighted by Gasteiger charge is 2.38. The molecule has 1 aliphatic heterocycles. The summed E-state index contributed by atoms with van der Waals surface area (Å²) in [6, 6.07) is 12.8. The van der Waals surface area contributed by atoms with Gasteiger partial charge in [0.2, 0.25) is 23.6 Å². The number of likely N-dealkylation sites (tertiary alicyclic amines) is 1. The molecule has 0 spiro atoms. The molecular weight excluding hydrogens is 739 g/mol. The molecule has 0 bridgehead atoms. The number of nitrogens with zero attached hydrogens (tertiary/aromatic N) is 1. The third kappa shape index (κ3) is 15.1. The fourth-order valence-electron chi connectivity index (χ4n) is 6.95. The normalized spacial score (nSPS) is 15.8. The molecule has 3 rings (SSSR count). The maximum atomic E-state index is 13.9. The van der Waals surface area contributed by atoms with Gasteiger partial charge in [0.25, 0.3) is 12.8 Å². The van der Waals surface area contributed by atoms with Crippen LogP contribution in [0.15, 0.2) is 48.5 Å². The number of primary amides is 1. The molecule has 15 heteroatoms. The Morgan fingerprint density at radius 2 is 1.53 bits per heavy atom. The second-order valence-electron chi connectivity index (χ2n) is 15.7. The van der Waals surface area contributed by atoms with Crippen LogP contribution in [0.1, 0.15) is 107 Å². The molecule has 0 aromatic heterocycles. The Balaban J connectivity index is 1.56. The third-order valence-corrected chi connectivity index (χ3v) is 10.8. The third-order valence-electron chi connectivity index (χ3n) is 10.8. The minimum atomic E-state index is -1.20. The van der Waals surface area contributed by atoms with E-state index in [0.717, 1.165) is 30.4 Å². The predicted molar refractivity (Wildman–Crippen MR) is 224 cm³/mol. The van der Waals surface area contributed by atoms with Gasteiger partial charge in [-0.25, -0.2) is 0 Å². The first-order chi connectivity index (χ1) is 27.6. The van der Waals surface area contributed by atoms with Crippen molar-refractivity contribution in [2.75, 3.05) is 19.6 Å². The van der Waals surface area contributed by atoms with Crippen LogP contribution in [-0.2, 0) is 35.2 Å². The van der Waals surface area contributed by atoms with Crippen LogP contribution < -0.4 is 27.4 Å². The Kier molecular flexibility index (Phi) is 19.8. The van der Waals surface area contributed by atoms with E-state index >= 15 is 0 Å². The average Bonchev–Trinajstić information content (AvgIpc) is 3.69. The molecule has 1 saturated heterocycles. The second kappa shape index (κ2) is 24.1. The summed E-state index contributed by atoms with van der Waals surface area (Å²) < 4.78 is 0. The van der Waals surface area contributed by atoms with Crippen LogP contribution in [-0.4, -0.2) is 95.7 Å². The summed E-state index contributed by atoms with van der Waals surface area (Å²) in [6.45, 7) is 6.89. The molecule has 58 heavy (non-hydrogen) atoms. The van der Waals surface area contributed by atoms with Crippen LogP contribution in [0.5, 0.6) is 0 Å². The monoisotopic (exact) mass is 802 g/mol. The molecule has 2 aromatic carbocycles. The fraction of sp³-hybridized carbons (Fsp3) is 0.558. The first-order valence-corrected chi connectivity index (χ1v) is 20.7. The Morgan fingerprint density at radius 1 is 0.879 bits per heavy atom. The molecule has 1 aliphatic rings. The smallest absolute Gasteiger partial charge is 0.289 e. The summed E-state index contributed by atoms with van der Waals surface area (Å²) in [4.78, 5) is 92.6. The molecule has 0 unspecified atom stereocenters. The summed E-state index contributed by atoms with van der Waals surface area (Å²) in [6.07, 6.45) is 4.99. The SMILES string of the molecule is CCCCc1ccc(-c2ccc(C(=O)NCCC(=O)N[C@@H](CCCCN)C(=O)N3CCC[C@H]3C(=O)C[C@@H](C)C(=O)N[C@@H](CC(N)=O)C(=O)C[C@@H](C)B(C)O)cc2)cc1. The number of carbonyl (C=O) groups is 7. The van der Waals surface area contributed by atoms with Crippen molar-refractivity contribution in [3.8, 4) is 11.1 Å². The lowest BCUT2D eigenvalue weighted by molar-refractivity contribution is -0.141. The maximum absolute atomic E-state index is 13.9. The van der Waals surface area contributed by atoms with E-state index in [9.17, 15) is 38.6 Å². The predicted octanol–water partition coefficient (Wildman–Crippen LogP) is 3.34. The minimum absolute atomic E-state index is 0.0472. The molecule has 2 aromatic rings. The van der Waals surface area contributed by atoms with Crippen molar-refractivity contribution in [3.05, 3.63) is 59.7 Å². The molecule has 5 amide bonds. The first kappa shape index (κ1) is 47.5. The molecule has 14 nitrogen and oxygen atoms in total. The summed E-state index contributed by atoms with van der Waals surface area (Å²) in [5.74, 6) is -4.66. The highest BCUT2D eigenvalue weighted by Crippen LogP contribution is 2.24. The Morgan fingerprint density at radius 3 is 2.14 bits per heavy atom. The van der Waals surface area contributed by atoms with Crippen molar-refractivity contribution < 1.29 is 38.6 Å². The first-order valence-electron chi connectivity index (χ1n) is 20.7. The van der Waals surface area contributed by atoms with Gasteiger partial charge < -0.3 is 37.3 Å². The Bertz CT molecular complexity index is 1700. The number of hydrogen-bond donors (Lipinski definition) is 6. The molecular formula is C43H63BN6O8. The van der Waals surface area contributed by atoms with E-state index in [4.69, 9.17) is 11.5 Å². The van der Waals surface area contributed by atoms with Gasteiger partial charge in [0.05, 0.1) is 18.5 Å². The van der Waals surface area contributed by atoms with E-state index in [2.05, 4.69) is 47.1 Å². The number of unbranched alkanes of at least 4 members (excludes halogenated alkanes) is 2. The highest BCUT2D eigenvalue weighted by atomic mass is 16.2. The molecule has 0 saturated carbocycles. The number of aryl methyl sites for hydroxylation is 1. The lowest BCUT2D eigenvalue weighted by Gasteiger charge is -2.29. The van der Waals surface area contributed by atoms with Crippen molar-refractivity contribution in [2.24, 2.45) is 17.4 Å². The second-order valence-corrected chi connectivity index (χ2v) is 15.7. The zero-order valence-electron chi connectivity index (χ0n) is 34.6. The van der Waals surface area contributed by atoms with Gasteiger partial charge in [-0.15, -0.1) is 0 Å². The van der Waals surface area contributed by atoms with Gasteiger partial charge in [0, 0.05) is 43.8 Å². The van der Waals surface area contributed by atoms with E-state index in [1.807, 2.05) is 12.1 Å². The number of carbonyl (C=O) groups excluding carboxylic acids is 7. The molecule has 1 fully saturated rings. The largest absolute Gasteiger partial charge is 0.450 e. The number of hydrogen-bond acceptors (Lipinski definition) is 9. The van der Waals surface area contributed by atoms with E-state index in [1.54, 1.807) is 25.9 Å². The van der Waals surface area contributed by atoms with E-state index < -0.39 is 72.6 Å². The lowest BCUT2D eigenvalue weighted by Crippen LogP contribution is -2.52. The molecule has 0 aliphatic carbocycles. The van der Waals surface area contributed by atoms with Gasteiger partial charge in [-0.2, -0.15) is 0 Å². The molecule has 316 valence electrons. The standard InChI is InChI=1S/C43H63BN6O8/c1-5-6-10-30-13-15-31(16-14-30)32-17-19-33(20-18-32)42(56)47-23-21-40(54)48-34(11-7-8-22-45)43(57)50-24-9-12-36(50)38(52)25-28(2)41(55)49-35(27-39(46)53)37(51)26-29(3)44(4)58/h13-20,28-29,34-36,58H,5-12,21-27,45H2,1-4H3,(H2,46,53)(H,47,56)(H,48,54)(H,49,55)/t28-,29-,34+,35+,36+/m1/s1. The number of Topliss-reactive ketones (excluding diaryl/α,β-unsaturated/α-hetero) is 2. The van der Waals surface area contributed by atoms with E-state index in [1.165, 1.54) is 17.4 Å². The number of rotatable bonds is 25. The highest BCUT2D eigenvalue weighted by molar-refractivity contribution is 6.50. The lowest BCUT2D eigenvalue weighted by atomic mass is 9.58. The number of ketones is 2. The van der Waals surface area contributed by atoms with Gasteiger partial charge in [-0.3, -0.25) is 33.6 Å².